The Balaban J connectivity index is 1.43. The SMILES string of the molecule is c1cc2[nH]ncc2cc1NC1C2CC3CC(C2)CC1C3. The molecule has 0 radical (unpaired) electrons. The van der Waals surface area contributed by atoms with Gasteiger partial charge in [0.1, 0.15) is 0 Å². The van der Waals surface area contributed by atoms with Gasteiger partial charge in [0, 0.05) is 17.1 Å². The van der Waals surface area contributed by atoms with Crippen LogP contribution in [-0.2, 0) is 0 Å². The number of nitrogens with one attached hydrogen (secondary N) is 2. The minimum Gasteiger partial charge on any atom is -0.382 e. The van der Waals surface area contributed by atoms with E-state index in [-0.39, 0.29) is 0 Å². The summed E-state index contributed by atoms with van der Waals surface area (Å²) in [6, 6.07) is 7.29. The molecule has 2 aromatic rings. The summed E-state index contributed by atoms with van der Waals surface area (Å²) in [7, 11) is 0. The Morgan fingerprint density at radius 2 is 1.75 bits per heavy atom. The van der Waals surface area contributed by atoms with Crippen LogP contribution >= 0.6 is 0 Å². The largest absolute Gasteiger partial charge is 0.382 e. The van der Waals surface area contributed by atoms with Gasteiger partial charge in [0.2, 0.25) is 0 Å². The van der Waals surface area contributed by atoms with Gasteiger partial charge in [-0.05, 0) is 74.0 Å². The van der Waals surface area contributed by atoms with Crippen LogP contribution in [0, 0.1) is 23.7 Å². The van der Waals surface area contributed by atoms with Crippen LogP contribution in [0.1, 0.15) is 32.1 Å². The van der Waals surface area contributed by atoms with Crippen molar-refractivity contribution >= 4 is 16.6 Å². The molecule has 0 atom stereocenters. The molecular formula is C17H21N3. The van der Waals surface area contributed by atoms with Gasteiger partial charge in [0.05, 0.1) is 11.7 Å². The number of H-pyrrole nitrogens is 1. The van der Waals surface area contributed by atoms with Crippen LogP contribution in [0.25, 0.3) is 10.9 Å². The molecule has 0 spiro atoms. The first-order valence-corrected chi connectivity index (χ1v) is 8.05. The van der Waals surface area contributed by atoms with Crippen molar-refractivity contribution < 1.29 is 0 Å². The van der Waals surface area contributed by atoms with Gasteiger partial charge in [-0.15, -0.1) is 0 Å². The van der Waals surface area contributed by atoms with Gasteiger partial charge in [-0.2, -0.15) is 5.10 Å². The highest BCUT2D eigenvalue weighted by atomic mass is 15.1. The summed E-state index contributed by atoms with van der Waals surface area (Å²) in [5.74, 6) is 3.94. The predicted molar refractivity (Wildman–Crippen MR) is 80.5 cm³/mol. The maximum Gasteiger partial charge on any atom is 0.0651 e. The first-order chi connectivity index (χ1) is 9.85. The zero-order valence-corrected chi connectivity index (χ0v) is 11.7. The number of aromatic amines is 1. The van der Waals surface area contributed by atoms with E-state index in [9.17, 15) is 0 Å². The number of fused-ring (bicyclic) bond motifs is 1. The first-order valence-electron chi connectivity index (χ1n) is 8.05. The molecule has 4 fully saturated rings. The Labute approximate surface area is 119 Å². The van der Waals surface area contributed by atoms with Crippen molar-refractivity contribution in [3.63, 3.8) is 0 Å². The molecule has 4 aliphatic rings. The Morgan fingerprint density at radius 1 is 1.00 bits per heavy atom. The molecule has 3 heteroatoms. The smallest absolute Gasteiger partial charge is 0.0651 e. The molecule has 3 nitrogen and oxygen atoms in total. The summed E-state index contributed by atoms with van der Waals surface area (Å²) >= 11 is 0. The molecule has 20 heavy (non-hydrogen) atoms. The van der Waals surface area contributed by atoms with Crippen LogP contribution in [0.3, 0.4) is 0 Å². The van der Waals surface area contributed by atoms with Gasteiger partial charge in [0.25, 0.3) is 0 Å². The van der Waals surface area contributed by atoms with E-state index in [4.69, 9.17) is 0 Å². The van der Waals surface area contributed by atoms with E-state index in [0.29, 0.717) is 6.04 Å². The van der Waals surface area contributed by atoms with E-state index in [0.717, 1.165) is 29.2 Å². The quantitative estimate of drug-likeness (QED) is 0.869. The van der Waals surface area contributed by atoms with Crippen LogP contribution in [-0.4, -0.2) is 16.2 Å². The van der Waals surface area contributed by atoms with E-state index >= 15 is 0 Å². The minimum atomic E-state index is 0.715. The molecular weight excluding hydrogens is 246 g/mol. The van der Waals surface area contributed by atoms with Crippen LogP contribution in [0.15, 0.2) is 24.4 Å². The molecule has 6 rings (SSSR count). The van der Waals surface area contributed by atoms with Gasteiger partial charge in [-0.3, -0.25) is 5.10 Å². The number of rotatable bonds is 2. The fourth-order valence-corrected chi connectivity index (χ4v) is 5.39. The summed E-state index contributed by atoms with van der Waals surface area (Å²) < 4.78 is 0. The number of hydrogen-bond donors (Lipinski definition) is 2. The third kappa shape index (κ3) is 1.62. The van der Waals surface area contributed by atoms with Gasteiger partial charge < -0.3 is 5.32 Å². The molecule has 0 unspecified atom stereocenters. The van der Waals surface area contributed by atoms with Crippen molar-refractivity contribution in [1.29, 1.82) is 0 Å². The summed E-state index contributed by atoms with van der Waals surface area (Å²) in [5.41, 5.74) is 2.40. The van der Waals surface area contributed by atoms with Crippen LogP contribution in [0.4, 0.5) is 5.69 Å². The number of nitrogens with zero attached hydrogens (tertiary/aromatic N) is 1. The molecule has 1 aromatic heterocycles. The van der Waals surface area contributed by atoms with Crippen LogP contribution < -0.4 is 5.32 Å². The van der Waals surface area contributed by atoms with Gasteiger partial charge in [0.15, 0.2) is 0 Å². The molecule has 0 saturated heterocycles. The molecule has 1 aromatic carbocycles. The Bertz CT molecular complexity index is 616. The molecule has 1 heterocycles. The average molecular weight is 267 g/mol. The highest BCUT2D eigenvalue weighted by Gasteiger charge is 2.48. The molecule has 4 bridgehead atoms. The average Bonchev–Trinajstić information content (AvgIpc) is 2.89. The monoisotopic (exact) mass is 267 g/mol. The van der Waals surface area contributed by atoms with Gasteiger partial charge >= 0.3 is 0 Å². The van der Waals surface area contributed by atoms with E-state index in [2.05, 4.69) is 33.7 Å². The Morgan fingerprint density at radius 3 is 2.50 bits per heavy atom. The molecule has 4 aliphatic carbocycles. The number of aromatic nitrogens is 2. The zero-order valence-electron chi connectivity index (χ0n) is 11.7. The fraction of sp³-hybridized carbons (Fsp3) is 0.588. The maximum atomic E-state index is 4.11. The van der Waals surface area contributed by atoms with Gasteiger partial charge in [-0.1, -0.05) is 0 Å². The molecule has 104 valence electrons. The summed E-state index contributed by atoms with van der Waals surface area (Å²) in [6.07, 6.45) is 9.33. The van der Waals surface area contributed by atoms with Crippen molar-refractivity contribution in [3.8, 4) is 0 Å². The lowest BCUT2D eigenvalue weighted by atomic mass is 9.54. The number of hydrogen-bond acceptors (Lipinski definition) is 2. The van der Waals surface area contributed by atoms with Crippen molar-refractivity contribution in [1.82, 2.24) is 10.2 Å². The van der Waals surface area contributed by atoms with Crippen molar-refractivity contribution in [2.24, 2.45) is 23.7 Å². The summed E-state index contributed by atoms with van der Waals surface area (Å²) in [6.45, 7) is 0. The standard InChI is InChI=1S/C17H21N3/c1-2-16-14(9-18-20-16)8-15(1)19-17-12-4-10-3-11(6-12)7-13(17)5-10/h1-2,8-13,17,19H,3-7H2,(H,18,20). The highest BCUT2D eigenvalue weighted by molar-refractivity contribution is 5.81. The van der Waals surface area contributed by atoms with Crippen LogP contribution in [0.2, 0.25) is 0 Å². The Kier molecular flexibility index (Phi) is 2.24. The predicted octanol–water partition coefficient (Wildman–Crippen LogP) is 3.80. The zero-order chi connectivity index (χ0) is 13.1. The molecule has 2 N–H and O–H groups in total. The lowest BCUT2D eigenvalue weighted by molar-refractivity contribution is 0.00754. The second-order valence-corrected chi connectivity index (χ2v) is 7.27. The minimum absolute atomic E-state index is 0.715. The van der Waals surface area contributed by atoms with Crippen molar-refractivity contribution in [2.75, 3.05) is 5.32 Å². The van der Waals surface area contributed by atoms with Crippen molar-refractivity contribution in [2.45, 2.75) is 38.1 Å². The number of anilines is 1. The second kappa shape index (κ2) is 4.00. The van der Waals surface area contributed by atoms with Gasteiger partial charge in [-0.25, -0.2) is 0 Å². The summed E-state index contributed by atoms with van der Waals surface area (Å²) in [4.78, 5) is 0. The number of benzene rings is 1. The highest BCUT2D eigenvalue weighted by Crippen LogP contribution is 2.54. The normalized spacial score (nSPS) is 38.5. The van der Waals surface area contributed by atoms with E-state index < -0.39 is 0 Å². The first kappa shape index (κ1) is 11.2. The second-order valence-electron chi connectivity index (χ2n) is 7.27. The lowest BCUT2D eigenvalue weighted by Crippen LogP contribution is -2.51. The topological polar surface area (TPSA) is 40.7 Å². The van der Waals surface area contributed by atoms with E-state index in [1.54, 1.807) is 0 Å². The molecule has 4 saturated carbocycles. The fourth-order valence-electron chi connectivity index (χ4n) is 5.39. The summed E-state index contributed by atoms with van der Waals surface area (Å²) in [5, 5.41) is 12.2. The molecule has 0 aliphatic heterocycles. The third-order valence-corrected chi connectivity index (χ3v) is 6.00. The van der Waals surface area contributed by atoms with E-state index in [1.165, 1.54) is 43.2 Å². The lowest BCUT2D eigenvalue weighted by Gasteiger charge is -2.54. The molecule has 0 amide bonds. The van der Waals surface area contributed by atoms with Crippen LogP contribution in [0.5, 0.6) is 0 Å². The van der Waals surface area contributed by atoms with E-state index in [1.807, 2.05) is 6.20 Å². The maximum absolute atomic E-state index is 4.11. The Hall–Kier alpha value is -1.51. The third-order valence-electron chi connectivity index (χ3n) is 6.00. The van der Waals surface area contributed by atoms with Crippen molar-refractivity contribution in [3.05, 3.63) is 24.4 Å².